The summed E-state index contributed by atoms with van der Waals surface area (Å²) in [6.07, 6.45) is -0.653. The van der Waals surface area contributed by atoms with Gasteiger partial charge in [0.15, 0.2) is 0 Å². The molecule has 0 heterocycles. The SMILES string of the molecule is COc1ccc(NC(=O)C(C)OC)cc1S(N)(=O)=O. The van der Waals surface area contributed by atoms with E-state index in [1.165, 1.54) is 32.4 Å². The van der Waals surface area contributed by atoms with Crippen molar-refractivity contribution in [1.82, 2.24) is 0 Å². The van der Waals surface area contributed by atoms with E-state index in [2.05, 4.69) is 5.32 Å². The highest BCUT2D eigenvalue weighted by Crippen LogP contribution is 2.26. The van der Waals surface area contributed by atoms with Crippen LogP contribution in [0.1, 0.15) is 6.92 Å². The lowest BCUT2D eigenvalue weighted by molar-refractivity contribution is -0.124. The molecular weight excluding hydrogens is 272 g/mol. The van der Waals surface area contributed by atoms with E-state index in [9.17, 15) is 13.2 Å². The van der Waals surface area contributed by atoms with E-state index in [1.807, 2.05) is 0 Å². The molecule has 19 heavy (non-hydrogen) atoms. The minimum absolute atomic E-state index is 0.111. The molecule has 0 aliphatic rings. The lowest BCUT2D eigenvalue weighted by atomic mass is 10.3. The number of nitrogens with one attached hydrogen (secondary N) is 1. The van der Waals surface area contributed by atoms with Gasteiger partial charge in [-0.25, -0.2) is 13.6 Å². The van der Waals surface area contributed by atoms with Gasteiger partial charge in [-0.3, -0.25) is 4.79 Å². The average molecular weight is 288 g/mol. The molecule has 1 atom stereocenters. The Labute approximate surface area is 111 Å². The number of primary sulfonamides is 1. The van der Waals surface area contributed by atoms with E-state index in [-0.39, 0.29) is 10.6 Å². The van der Waals surface area contributed by atoms with Crippen molar-refractivity contribution in [1.29, 1.82) is 0 Å². The monoisotopic (exact) mass is 288 g/mol. The first-order valence-electron chi connectivity index (χ1n) is 5.34. The first-order valence-corrected chi connectivity index (χ1v) is 6.88. The second-order valence-corrected chi connectivity index (χ2v) is 5.31. The summed E-state index contributed by atoms with van der Waals surface area (Å²) in [5.74, 6) is -0.284. The maximum atomic E-state index is 11.6. The average Bonchev–Trinajstić information content (AvgIpc) is 2.36. The molecule has 1 unspecified atom stereocenters. The third-order valence-corrected chi connectivity index (χ3v) is 3.39. The van der Waals surface area contributed by atoms with Crippen LogP contribution in [0.5, 0.6) is 5.75 Å². The summed E-state index contributed by atoms with van der Waals surface area (Å²) < 4.78 is 32.6. The van der Waals surface area contributed by atoms with Crippen molar-refractivity contribution < 1.29 is 22.7 Å². The van der Waals surface area contributed by atoms with Gasteiger partial charge in [0.2, 0.25) is 10.0 Å². The van der Waals surface area contributed by atoms with E-state index >= 15 is 0 Å². The van der Waals surface area contributed by atoms with Crippen LogP contribution in [0.15, 0.2) is 23.1 Å². The molecule has 0 radical (unpaired) electrons. The largest absolute Gasteiger partial charge is 0.495 e. The zero-order chi connectivity index (χ0) is 14.6. The minimum Gasteiger partial charge on any atom is -0.495 e. The maximum absolute atomic E-state index is 11.6. The topological polar surface area (TPSA) is 108 Å². The number of ether oxygens (including phenoxy) is 2. The van der Waals surface area contributed by atoms with Crippen molar-refractivity contribution in [3.63, 3.8) is 0 Å². The fraction of sp³-hybridized carbons (Fsp3) is 0.364. The molecule has 7 nitrogen and oxygen atoms in total. The van der Waals surface area contributed by atoms with E-state index < -0.39 is 22.0 Å². The highest BCUT2D eigenvalue weighted by molar-refractivity contribution is 7.89. The molecule has 0 fully saturated rings. The molecule has 0 bridgehead atoms. The predicted octanol–water partition coefficient (Wildman–Crippen LogP) is 0.316. The van der Waals surface area contributed by atoms with Crippen molar-refractivity contribution in [2.24, 2.45) is 5.14 Å². The van der Waals surface area contributed by atoms with Gasteiger partial charge in [-0.1, -0.05) is 0 Å². The smallest absolute Gasteiger partial charge is 0.253 e. The zero-order valence-corrected chi connectivity index (χ0v) is 11.7. The molecular formula is C11H16N2O5S. The summed E-state index contributed by atoms with van der Waals surface area (Å²) in [5.41, 5.74) is 0.290. The molecule has 1 amide bonds. The summed E-state index contributed by atoms with van der Waals surface area (Å²) in [4.78, 5) is 11.4. The van der Waals surface area contributed by atoms with Gasteiger partial charge in [0.1, 0.15) is 16.7 Å². The molecule has 0 aliphatic heterocycles. The van der Waals surface area contributed by atoms with Gasteiger partial charge in [0, 0.05) is 12.8 Å². The first-order chi connectivity index (χ1) is 8.79. The summed E-state index contributed by atoms with van der Waals surface area (Å²) in [6.45, 7) is 1.57. The second-order valence-electron chi connectivity index (χ2n) is 3.78. The Morgan fingerprint density at radius 2 is 2.00 bits per heavy atom. The second kappa shape index (κ2) is 6.00. The van der Waals surface area contributed by atoms with E-state index in [1.54, 1.807) is 6.92 Å². The van der Waals surface area contributed by atoms with Crippen molar-refractivity contribution in [3.8, 4) is 5.75 Å². The molecule has 106 valence electrons. The van der Waals surface area contributed by atoms with Crippen LogP contribution in [-0.2, 0) is 19.6 Å². The van der Waals surface area contributed by atoms with E-state index in [0.29, 0.717) is 5.69 Å². The Balaban J connectivity index is 3.10. The summed E-state index contributed by atoms with van der Waals surface area (Å²) in [6, 6.07) is 4.15. The summed E-state index contributed by atoms with van der Waals surface area (Å²) >= 11 is 0. The van der Waals surface area contributed by atoms with Gasteiger partial charge in [-0.15, -0.1) is 0 Å². The number of anilines is 1. The number of carbonyl (C=O) groups excluding carboxylic acids is 1. The lowest BCUT2D eigenvalue weighted by Gasteiger charge is -2.12. The standard InChI is InChI=1S/C11H16N2O5S/c1-7(17-2)11(14)13-8-4-5-9(18-3)10(6-8)19(12,15)16/h4-7H,1-3H3,(H,13,14)(H2,12,15,16). The Kier molecular flexibility index (Phi) is 4.87. The van der Waals surface area contributed by atoms with Crippen LogP contribution >= 0.6 is 0 Å². The third kappa shape index (κ3) is 3.91. The van der Waals surface area contributed by atoms with Gasteiger partial charge in [-0.2, -0.15) is 0 Å². The number of hydrogen-bond donors (Lipinski definition) is 2. The van der Waals surface area contributed by atoms with Crippen LogP contribution in [0.2, 0.25) is 0 Å². The Bertz CT molecular complexity index is 570. The Hall–Kier alpha value is -1.64. The zero-order valence-electron chi connectivity index (χ0n) is 10.8. The lowest BCUT2D eigenvalue weighted by Crippen LogP contribution is -2.26. The highest BCUT2D eigenvalue weighted by atomic mass is 32.2. The number of sulfonamides is 1. The number of carbonyl (C=O) groups is 1. The fourth-order valence-corrected chi connectivity index (χ4v) is 2.05. The number of benzene rings is 1. The highest BCUT2D eigenvalue weighted by Gasteiger charge is 2.17. The number of methoxy groups -OCH3 is 2. The summed E-state index contributed by atoms with van der Waals surface area (Å²) in [7, 11) is -1.21. The number of nitrogens with two attached hydrogens (primary N) is 1. The van der Waals surface area contributed by atoms with E-state index in [0.717, 1.165) is 0 Å². The molecule has 0 aromatic heterocycles. The van der Waals surface area contributed by atoms with Gasteiger partial charge >= 0.3 is 0 Å². The molecule has 0 saturated heterocycles. The van der Waals surface area contributed by atoms with Crippen LogP contribution in [-0.4, -0.2) is 34.6 Å². The quantitative estimate of drug-likeness (QED) is 0.811. The Morgan fingerprint density at radius 3 is 2.47 bits per heavy atom. The number of rotatable bonds is 5. The molecule has 0 saturated carbocycles. The van der Waals surface area contributed by atoms with Gasteiger partial charge < -0.3 is 14.8 Å². The molecule has 1 aromatic rings. The first kappa shape index (κ1) is 15.4. The van der Waals surface area contributed by atoms with Crippen LogP contribution in [0.3, 0.4) is 0 Å². The molecule has 0 spiro atoms. The molecule has 0 aliphatic carbocycles. The number of hydrogen-bond acceptors (Lipinski definition) is 5. The van der Waals surface area contributed by atoms with Crippen molar-refractivity contribution >= 4 is 21.6 Å². The van der Waals surface area contributed by atoms with Crippen molar-refractivity contribution in [3.05, 3.63) is 18.2 Å². The van der Waals surface area contributed by atoms with Crippen LogP contribution in [0.4, 0.5) is 5.69 Å². The maximum Gasteiger partial charge on any atom is 0.253 e. The van der Waals surface area contributed by atoms with Crippen LogP contribution in [0, 0.1) is 0 Å². The Morgan fingerprint density at radius 1 is 1.37 bits per heavy atom. The van der Waals surface area contributed by atoms with Gasteiger partial charge in [0.05, 0.1) is 7.11 Å². The van der Waals surface area contributed by atoms with Crippen LogP contribution < -0.4 is 15.2 Å². The normalized spacial score (nSPS) is 12.8. The molecule has 3 N–H and O–H groups in total. The van der Waals surface area contributed by atoms with Crippen LogP contribution in [0.25, 0.3) is 0 Å². The van der Waals surface area contributed by atoms with E-state index in [4.69, 9.17) is 14.6 Å². The van der Waals surface area contributed by atoms with Crippen molar-refractivity contribution in [2.45, 2.75) is 17.9 Å². The number of amides is 1. The molecule has 1 rings (SSSR count). The molecule has 1 aromatic carbocycles. The van der Waals surface area contributed by atoms with Gasteiger partial charge in [0.25, 0.3) is 5.91 Å². The predicted molar refractivity (Wildman–Crippen MR) is 69.5 cm³/mol. The fourth-order valence-electron chi connectivity index (χ4n) is 1.33. The summed E-state index contributed by atoms with van der Waals surface area (Å²) in [5, 5.41) is 7.59. The van der Waals surface area contributed by atoms with Gasteiger partial charge in [-0.05, 0) is 25.1 Å². The minimum atomic E-state index is -3.94. The molecule has 8 heteroatoms. The third-order valence-electron chi connectivity index (χ3n) is 2.46. The van der Waals surface area contributed by atoms with Crippen molar-refractivity contribution in [2.75, 3.05) is 19.5 Å².